The maximum atomic E-state index is 14.3. The van der Waals surface area contributed by atoms with Crippen LogP contribution in [0.15, 0.2) is 30.4 Å². The molecule has 0 aromatic heterocycles. The van der Waals surface area contributed by atoms with Crippen LogP contribution in [-0.2, 0) is 53.0 Å². The minimum Gasteiger partial charge on any atom is -0.444 e. The van der Waals surface area contributed by atoms with Crippen LogP contribution >= 0.6 is 0 Å². The lowest BCUT2D eigenvalue weighted by atomic mass is 9.95. The van der Waals surface area contributed by atoms with E-state index in [-0.39, 0.29) is 50.9 Å². The summed E-state index contributed by atoms with van der Waals surface area (Å²) >= 11 is 0. The first-order chi connectivity index (χ1) is 25.8. The third-order valence-electron chi connectivity index (χ3n) is 10.6. The number of ether oxygens (including phenoxy) is 2. The van der Waals surface area contributed by atoms with Gasteiger partial charge in [0.25, 0.3) is 5.91 Å². The minimum atomic E-state index is -4.64. The molecule has 6 rings (SSSR count). The van der Waals surface area contributed by atoms with E-state index in [1.807, 2.05) is 6.08 Å². The number of nitrogens with one attached hydrogen (secondary N) is 3. The molecule has 55 heavy (non-hydrogen) atoms. The Morgan fingerprint density at radius 3 is 2.47 bits per heavy atom. The van der Waals surface area contributed by atoms with Crippen molar-refractivity contribution in [2.75, 3.05) is 13.1 Å². The van der Waals surface area contributed by atoms with Gasteiger partial charge < -0.3 is 29.9 Å². The van der Waals surface area contributed by atoms with Gasteiger partial charge in [0.15, 0.2) is 0 Å². The Bertz CT molecular complexity index is 1840. The fourth-order valence-corrected chi connectivity index (χ4v) is 8.88. The molecule has 2 saturated carbocycles. The molecular weight excluding hydrogens is 747 g/mol. The van der Waals surface area contributed by atoms with Crippen molar-refractivity contribution in [1.82, 2.24) is 25.2 Å². The molecule has 302 valence electrons. The third-order valence-corrected chi connectivity index (χ3v) is 12.5. The molecule has 0 bridgehead atoms. The summed E-state index contributed by atoms with van der Waals surface area (Å²) in [5.74, 6) is -2.88. The number of rotatable bonds is 5. The van der Waals surface area contributed by atoms with Crippen molar-refractivity contribution in [3.05, 3.63) is 47.0 Å². The zero-order valence-corrected chi connectivity index (χ0v) is 31.9. The number of sulfonamides is 1. The smallest absolute Gasteiger partial charge is 0.416 e. The number of halogens is 3. The fourth-order valence-electron chi connectivity index (χ4n) is 7.52. The summed E-state index contributed by atoms with van der Waals surface area (Å²) in [6.07, 6.45) is -0.278. The van der Waals surface area contributed by atoms with E-state index >= 15 is 0 Å². The quantitative estimate of drug-likeness (QED) is 0.371. The van der Waals surface area contributed by atoms with Gasteiger partial charge in [-0.25, -0.2) is 18.0 Å². The number of alkyl carbamates (subject to hydrolysis) is 1. The maximum Gasteiger partial charge on any atom is 0.416 e. The molecule has 3 heterocycles. The second-order valence-corrected chi connectivity index (χ2v) is 18.0. The zero-order valence-electron chi connectivity index (χ0n) is 31.1. The molecule has 0 radical (unpaired) electrons. The van der Waals surface area contributed by atoms with Crippen LogP contribution in [0.3, 0.4) is 0 Å². The summed E-state index contributed by atoms with van der Waals surface area (Å²) in [5, 5.41) is 4.67. The van der Waals surface area contributed by atoms with Crippen LogP contribution in [-0.4, -0.2) is 95.8 Å². The molecule has 1 aromatic rings. The van der Waals surface area contributed by atoms with E-state index in [4.69, 9.17) is 9.47 Å². The molecule has 3 aliphatic heterocycles. The van der Waals surface area contributed by atoms with Crippen molar-refractivity contribution >= 4 is 39.9 Å². The van der Waals surface area contributed by atoms with E-state index in [1.54, 1.807) is 32.9 Å². The molecule has 5 aliphatic rings. The topological polar surface area (TPSA) is 181 Å². The molecule has 1 aromatic carbocycles. The maximum absolute atomic E-state index is 14.3. The minimum absolute atomic E-state index is 0.0387. The van der Waals surface area contributed by atoms with Crippen LogP contribution < -0.4 is 15.4 Å². The van der Waals surface area contributed by atoms with Gasteiger partial charge in [0.05, 0.1) is 17.4 Å². The monoisotopic (exact) mass is 795 g/mol. The fraction of sp³-hybridized carbons (Fsp3) is 0.649. The SMILES string of the molecule is CC(C)(C)OC(=O)N[C@H]1CCCCC/C=C\[C@@H]2C[C@@]2(C(=O)NS(=O)(=O)C2CC2)NC(=O)[C@@H]2C[C@@H](OC(=O)N3CCc4cccc(C(F)(F)F)c4C3)CN2C1=O. The average Bonchev–Trinajstić information content (AvgIpc) is 4.02. The van der Waals surface area contributed by atoms with Crippen molar-refractivity contribution in [2.45, 2.75) is 132 Å². The Morgan fingerprint density at radius 2 is 1.78 bits per heavy atom. The van der Waals surface area contributed by atoms with E-state index in [2.05, 4.69) is 15.4 Å². The Morgan fingerprint density at radius 1 is 1.04 bits per heavy atom. The lowest BCUT2D eigenvalue weighted by Gasteiger charge is -2.31. The highest BCUT2D eigenvalue weighted by atomic mass is 32.2. The molecular formula is C37H48F3N5O9S. The summed E-state index contributed by atoms with van der Waals surface area (Å²) in [6, 6.07) is 1.38. The lowest BCUT2D eigenvalue weighted by molar-refractivity contribution is -0.141. The number of carbonyl (C=O) groups excluding carboxylic acids is 5. The molecule has 5 atom stereocenters. The van der Waals surface area contributed by atoms with Gasteiger partial charge in [-0.1, -0.05) is 37.1 Å². The van der Waals surface area contributed by atoms with Crippen LogP contribution in [0.5, 0.6) is 0 Å². The second kappa shape index (κ2) is 15.3. The van der Waals surface area contributed by atoms with E-state index in [0.717, 1.165) is 11.0 Å². The first kappa shape index (κ1) is 40.3. The van der Waals surface area contributed by atoms with Gasteiger partial charge in [0.2, 0.25) is 21.8 Å². The lowest BCUT2D eigenvalue weighted by Crippen LogP contribution is -2.58. The molecule has 0 spiro atoms. The molecule has 3 fully saturated rings. The van der Waals surface area contributed by atoms with Gasteiger partial charge in [0.1, 0.15) is 29.3 Å². The highest BCUT2D eigenvalue weighted by Gasteiger charge is 2.62. The largest absolute Gasteiger partial charge is 0.444 e. The normalized spacial score (nSPS) is 28.3. The summed E-state index contributed by atoms with van der Waals surface area (Å²) in [4.78, 5) is 70.9. The highest BCUT2D eigenvalue weighted by Crippen LogP contribution is 2.46. The van der Waals surface area contributed by atoms with E-state index in [0.29, 0.717) is 44.1 Å². The van der Waals surface area contributed by atoms with E-state index in [9.17, 15) is 45.6 Å². The Hall–Kier alpha value is -4.35. The van der Waals surface area contributed by atoms with Crippen LogP contribution in [0.4, 0.5) is 22.8 Å². The zero-order chi connectivity index (χ0) is 39.9. The number of nitrogens with zero attached hydrogens (tertiary/aromatic N) is 2. The van der Waals surface area contributed by atoms with Gasteiger partial charge in [-0.15, -0.1) is 0 Å². The predicted molar refractivity (Wildman–Crippen MR) is 190 cm³/mol. The standard InChI is InChI=1S/C37H48F3N5O9S/c1-35(2,3)54-33(49)41-28-13-8-6-4-5-7-11-23-19-36(23,32(48)43-55(51,52)25-14-15-25)42-30(46)29-18-24(20-45(29)31(28)47)53-34(50)44-17-16-22-10-9-12-27(26(22)21-44)37(38,39)40/h7,9-12,23-25,28-29H,4-6,8,13-21H2,1-3H3,(H,41,49)(H,42,46)(H,43,48)/b11-7-/t23-,24-,28+,29+,36-/m1/s1. The molecule has 0 unspecified atom stereocenters. The van der Waals surface area contributed by atoms with E-state index < -0.39 is 92.2 Å². The molecule has 2 aliphatic carbocycles. The number of amides is 5. The number of allylic oxidation sites excluding steroid dienone is 1. The van der Waals surface area contributed by atoms with Gasteiger partial charge in [-0.05, 0) is 82.9 Å². The van der Waals surface area contributed by atoms with Crippen molar-refractivity contribution in [1.29, 1.82) is 0 Å². The number of hydrogen-bond donors (Lipinski definition) is 3. The highest BCUT2D eigenvalue weighted by molar-refractivity contribution is 7.91. The molecule has 18 heteroatoms. The number of benzene rings is 1. The Kier molecular flexibility index (Phi) is 11.2. The van der Waals surface area contributed by atoms with Crippen molar-refractivity contribution in [2.24, 2.45) is 5.92 Å². The van der Waals surface area contributed by atoms with Crippen LogP contribution in [0.2, 0.25) is 0 Å². The second-order valence-electron chi connectivity index (χ2n) is 16.1. The van der Waals surface area contributed by atoms with Gasteiger partial charge in [-0.2, -0.15) is 13.2 Å². The summed E-state index contributed by atoms with van der Waals surface area (Å²) in [5.41, 5.74) is -2.93. The first-order valence-corrected chi connectivity index (χ1v) is 20.3. The molecule has 3 N–H and O–H groups in total. The number of alkyl halides is 3. The van der Waals surface area contributed by atoms with Crippen LogP contribution in [0.1, 0.15) is 95.2 Å². The third kappa shape index (κ3) is 9.38. The molecule has 14 nitrogen and oxygen atoms in total. The van der Waals surface area contributed by atoms with Crippen molar-refractivity contribution in [3.63, 3.8) is 0 Å². The van der Waals surface area contributed by atoms with Crippen molar-refractivity contribution < 1.29 is 55.0 Å². The number of carbonyl (C=O) groups is 5. The van der Waals surface area contributed by atoms with Crippen molar-refractivity contribution in [3.8, 4) is 0 Å². The predicted octanol–water partition coefficient (Wildman–Crippen LogP) is 4.07. The van der Waals surface area contributed by atoms with Gasteiger partial charge in [-0.3, -0.25) is 19.1 Å². The molecule has 1 saturated heterocycles. The van der Waals surface area contributed by atoms with Crippen LogP contribution in [0, 0.1) is 5.92 Å². The summed E-state index contributed by atoms with van der Waals surface area (Å²) < 4.78 is 80.4. The average molecular weight is 796 g/mol. The number of fused-ring (bicyclic) bond motifs is 3. The Balaban J connectivity index is 1.25. The van der Waals surface area contributed by atoms with Gasteiger partial charge in [0, 0.05) is 25.4 Å². The summed E-state index contributed by atoms with van der Waals surface area (Å²) in [7, 11) is -3.97. The van der Waals surface area contributed by atoms with Gasteiger partial charge >= 0.3 is 18.4 Å². The number of hydrogen-bond acceptors (Lipinski definition) is 9. The summed E-state index contributed by atoms with van der Waals surface area (Å²) in [6.45, 7) is 4.40. The first-order valence-electron chi connectivity index (χ1n) is 18.8. The van der Waals surface area contributed by atoms with Crippen LogP contribution in [0.25, 0.3) is 0 Å². The van der Waals surface area contributed by atoms with E-state index in [1.165, 1.54) is 11.0 Å². The molecule has 5 amide bonds. The Labute approximate surface area is 317 Å².